The van der Waals surface area contributed by atoms with Crippen LogP contribution >= 0.6 is 0 Å². The summed E-state index contributed by atoms with van der Waals surface area (Å²) in [6, 6.07) is 0.979. The van der Waals surface area contributed by atoms with E-state index in [0.717, 1.165) is 0 Å². The molecule has 1 heterocycles. The summed E-state index contributed by atoms with van der Waals surface area (Å²) in [7, 11) is 0. The van der Waals surface area contributed by atoms with Gasteiger partial charge in [-0.15, -0.1) is 0 Å². The van der Waals surface area contributed by atoms with Gasteiger partial charge in [0, 0.05) is 0 Å². The van der Waals surface area contributed by atoms with Crippen LogP contribution in [0.2, 0.25) is 0 Å². The second-order valence-corrected chi connectivity index (χ2v) is 5.18. The van der Waals surface area contributed by atoms with E-state index in [2.05, 4.69) is 5.32 Å². The lowest BCUT2D eigenvalue weighted by atomic mass is 10.1. The molecule has 0 fully saturated rings. The second kappa shape index (κ2) is 5.25. The van der Waals surface area contributed by atoms with Crippen molar-refractivity contribution in [2.45, 2.75) is 46.3 Å². The van der Waals surface area contributed by atoms with Crippen LogP contribution in [0.1, 0.15) is 43.8 Å². The van der Waals surface area contributed by atoms with Crippen molar-refractivity contribution in [3.05, 3.63) is 23.7 Å². The summed E-state index contributed by atoms with van der Waals surface area (Å²) < 4.78 is 10.1. The maximum Gasteiger partial charge on any atom is 0.408 e. The molecule has 100 valence electrons. The number of rotatable bonds is 3. The van der Waals surface area contributed by atoms with E-state index in [4.69, 9.17) is 9.15 Å². The zero-order valence-electron chi connectivity index (χ0n) is 11.4. The molecular formula is C13H19NO4. The number of carbonyl (C=O) groups is 2. The molecule has 1 atom stereocenters. The van der Waals surface area contributed by atoms with Gasteiger partial charge in [-0.3, -0.25) is 4.79 Å². The molecule has 1 unspecified atom stereocenters. The van der Waals surface area contributed by atoms with Gasteiger partial charge < -0.3 is 14.5 Å². The zero-order valence-corrected chi connectivity index (χ0v) is 11.4. The highest BCUT2D eigenvalue weighted by Gasteiger charge is 2.22. The summed E-state index contributed by atoms with van der Waals surface area (Å²) in [6.45, 7) is 8.65. The summed E-state index contributed by atoms with van der Waals surface area (Å²) in [6.07, 6.45) is 0.772. The third-order valence-corrected chi connectivity index (χ3v) is 2.14. The van der Waals surface area contributed by atoms with Crippen molar-refractivity contribution in [1.82, 2.24) is 5.32 Å². The molecule has 5 nitrogen and oxygen atoms in total. The summed E-state index contributed by atoms with van der Waals surface area (Å²) in [5.41, 5.74) is -0.143. The summed E-state index contributed by atoms with van der Waals surface area (Å²) in [4.78, 5) is 23.4. The Labute approximate surface area is 106 Å². The van der Waals surface area contributed by atoms with Crippen LogP contribution in [0.5, 0.6) is 0 Å². The van der Waals surface area contributed by atoms with Gasteiger partial charge in [0.25, 0.3) is 0 Å². The van der Waals surface area contributed by atoms with E-state index in [1.165, 1.54) is 6.26 Å². The highest BCUT2D eigenvalue weighted by Crippen LogP contribution is 2.10. The number of Topliss-reactive ketones (excluding diaryl/α,β-unsaturated/α-hetero) is 1. The van der Waals surface area contributed by atoms with Crippen molar-refractivity contribution >= 4 is 11.9 Å². The number of furan rings is 1. The Morgan fingerprint density at radius 1 is 1.39 bits per heavy atom. The Hall–Kier alpha value is -1.78. The largest absolute Gasteiger partial charge is 0.469 e. The van der Waals surface area contributed by atoms with Crippen LogP contribution in [0, 0.1) is 6.92 Å². The number of amides is 1. The van der Waals surface area contributed by atoms with Crippen molar-refractivity contribution < 1.29 is 18.7 Å². The summed E-state index contributed by atoms with van der Waals surface area (Å²) >= 11 is 0. The first kappa shape index (κ1) is 14.3. The van der Waals surface area contributed by atoms with Gasteiger partial charge in [0.1, 0.15) is 17.6 Å². The molecule has 1 N–H and O–H groups in total. The maximum atomic E-state index is 11.9. The molecule has 0 bridgehead atoms. The van der Waals surface area contributed by atoms with E-state index in [-0.39, 0.29) is 5.78 Å². The van der Waals surface area contributed by atoms with Crippen LogP contribution in [0.3, 0.4) is 0 Å². The van der Waals surface area contributed by atoms with Crippen molar-refractivity contribution in [2.75, 3.05) is 0 Å². The van der Waals surface area contributed by atoms with Crippen LogP contribution < -0.4 is 5.32 Å². The number of ether oxygens (including phenoxy) is 1. The third kappa shape index (κ3) is 4.24. The molecule has 0 aliphatic rings. The van der Waals surface area contributed by atoms with Crippen molar-refractivity contribution in [2.24, 2.45) is 0 Å². The predicted molar refractivity (Wildman–Crippen MR) is 66.6 cm³/mol. The molecular weight excluding hydrogens is 234 g/mol. The summed E-state index contributed by atoms with van der Waals surface area (Å²) in [5.74, 6) is 0.445. The van der Waals surface area contributed by atoms with E-state index in [0.29, 0.717) is 11.3 Å². The summed E-state index contributed by atoms with van der Waals surface area (Å²) in [5, 5.41) is 2.49. The fourth-order valence-electron chi connectivity index (χ4n) is 1.37. The number of nitrogens with one attached hydrogen (secondary N) is 1. The first-order valence-corrected chi connectivity index (χ1v) is 5.78. The molecule has 0 aliphatic carbocycles. The molecule has 1 rings (SSSR count). The van der Waals surface area contributed by atoms with Gasteiger partial charge in [-0.1, -0.05) is 0 Å². The molecule has 1 aromatic rings. The Bertz CT molecular complexity index is 442. The predicted octanol–water partition coefficient (Wildman–Crippen LogP) is 2.68. The molecule has 18 heavy (non-hydrogen) atoms. The van der Waals surface area contributed by atoms with E-state index >= 15 is 0 Å². The average molecular weight is 253 g/mol. The third-order valence-electron chi connectivity index (χ3n) is 2.14. The maximum absolute atomic E-state index is 11.9. The Balaban J connectivity index is 2.58. The molecule has 0 saturated carbocycles. The Morgan fingerprint density at radius 2 is 2.00 bits per heavy atom. The van der Waals surface area contributed by atoms with Gasteiger partial charge in [0.15, 0.2) is 5.78 Å². The first-order chi connectivity index (χ1) is 8.19. The number of alkyl carbamates (subject to hydrolysis) is 1. The Kier molecular flexibility index (Phi) is 4.16. The van der Waals surface area contributed by atoms with E-state index in [1.54, 1.807) is 40.7 Å². The lowest BCUT2D eigenvalue weighted by Crippen LogP contribution is -2.41. The fourth-order valence-corrected chi connectivity index (χ4v) is 1.37. The lowest BCUT2D eigenvalue weighted by Gasteiger charge is -2.21. The highest BCUT2D eigenvalue weighted by molar-refractivity contribution is 6.01. The highest BCUT2D eigenvalue weighted by atomic mass is 16.6. The van der Waals surface area contributed by atoms with E-state index in [1.807, 2.05) is 0 Å². The van der Waals surface area contributed by atoms with E-state index < -0.39 is 17.7 Å². The standard InChI is InChI=1S/C13H19NO4/c1-8-6-10(7-17-8)11(15)9(2)14-12(16)18-13(3,4)5/h6-7,9H,1-5H3,(H,14,16). The number of aryl methyl sites for hydroxylation is 1. The van der Waals surface area contributed by atoms with E-state index in [9.17, 15) is 9.59 Å². The number of ketones is 1. The molecule has 0 aliphatic heterocycles. The zero-order chi connectivity index (χ0) is 13.9. The molecule has 1 aromatic heterocycles. The van der Waals surface area contributed by atoms with Crippen LogP contribution in [-0.4, -0.2) is 23.5 Å². The average Bonchev–Trinajstić information content (AvgIpc) is 2.60. The van der Waals surface area contributed by atoms with Gasteiger partial charge in [-0.2, -0.15) is 0 Å². The second-order valence-electron chi connectivity index (χ2n) is 5.18. The molecule has 0 spiro atoms. The number of hydrogen-bond donors (Lipinski definition) is 1. The molecule has 0 radical (unpaired) electrons. The minimum atomic E-state index is -0.656. The van der Waals surface area contributed by atoms with Crippen LogP contribution in [0.4, 0.5) is 4.79 Å². The van der Waals surface area contributed by atoms with Gasteiger partial charge >= 0.3 is 6.09 Å². The smallest absolute Gasteiger partial charge is 0.408 e. The van der Waals surface area contributed by atoms with Crippen LogP contribution in [0.25, 0.3) is 0 Å². The van der Waals surface area contributed by atoms with Crippen LogP contribution in [0.15, 0.2) is 16.7 Å². The monoisotopic (exact) mass is 253 g/mol. The topological polar surface area (TPSA) is 68.5 Å². The van der Waals surface area contributed by atoms with Gasteiger partial charge in [0.05, 0.1) is 11.6 Å². The molecule has 5 heteroatoms. The van der Waals surface area contributed by atoms with Crippen molar-refractivity contribution in [3.8, 4) is 0 Å². The molecule has 0 saturated heterocycles. The SMILES string of the molecule is Cc1cc(C(=O)C(C)NC(=O)OC(C)(C)C)co1. The number of carbonyl (C=O) groups excluding carboxylic acids is 2. The minimum absolute atomic E-state index is 0.210. The normalized spacial score (nSPS) is 12.9. The van der Waals surface area contributed by atoms with Gasteiger partial charge in [-0.25, -0.2) is 4.79 Å². The first-order valence-electron chi connectivity index (χ1n) is 5.78. The Morgan fingerprint density at radius 3 is 2.44 bits per heavy atom. The number of hydrogen-bond acceptors (Lipinski definition) is 4. The quantitative estimate of drug-likeness (QED) is 0.841. The molecule has 1 amide bonds. The van der Waals surface area contributed by atoms with Crippen molar-refractivity contribution in [3.63, 3.8) is 0 Å². The van der Waals surface area contributed by atoms with Crippen molar-refractivity contribution in [1.29, 1.82) is 0 Å². The fraction of sp³-hybridized carbons (Fsp3) is 0.538. The lowest BCUT2D eigenvalue weighted by molar-refractivity contribution is 0.0496. The van der Waals surface area contributed by atoms with Crippen LogP contribution in [-0.2, 0) is 4.74 Å². The van der Waals surface area contributed by atoms with Gasteiger partial charge in [0.2, 0.25) is 0 Å². The molecule has 0 aromatic carbocycles. The van der Waals surface area contributed by atoms with Gasteiger partial charge in [-0.05, 0) is 40.7 Å². The minimum Gasteiger partial charge on any atom is -0.469 e.